The summed E-state index contributed by atoms with van der Waals surface area (Å²) in [6.45, 7) is 7.01. The molecular formula is C21H28N2O3. The second kappa shape index (κ2) is 9.13. The van der Waals surface area contributed by atoms with E-state index in [2.05, 4.69) is 43.5 Å². The van der Waals surface area contributed by atoms with Crippen LogP contribution in [-0.4, -0.2) is 33.2 Å². The Morgan fingerprint density at radius 2 is 1.62 bits per heavy atom. The molecule has 26 heavy (non-hydrogen) atoms. The molecule has 0 atom stereocenters. The van der Waals surface area contributed by atoms with Crippen LogP contribution in [0.15, 0.2) is 30.3 Å². The zero-order chi connectivity index (χ0) is 19.1. The molecule has 2 aromatic carbocycles. The molecule has 0 radical (unpaired) electrons. The summed E-state index contributed by atoms with van der Waals surface area (Å²) in [5.74, 6) is 1.38. The Kier molecular flexibility index (Phi) is 6.89. The van der Waals surface area contributed by atoms with E-state index in [-0.39, 0.29) is 12.5 Å². The number of rotatable bonds is 8. The van der Waals surface area contributed by atoms with Crippen molar-refractivity contribution in [3.8, 4) is 11.5 Å². The largest absolute Gasteiger partial charge is 0.493 e. The van der Waals surface area contributed by atoms with Gasteiger partial charge < -0.3 is 20.1 Å². The number of hydrogen-bond donors (Lipinski definition) is 2. The molecule has 140 valence electrons. The van der Waals surface area contributed by atoms with Gasteiger partial charge in [-0.15, -0.1) is 0 Å². The first kappa shape index (κ1) is 19.6. The van der Waals surface area contributed by atoms with E-state index in [4.69, 9.17) is 9.47 Å². The van der Waals surface area contributed by atoms with Gasteiger partial charge in [-0.3, -0.25) is 4.79 Å². The molecule has 5 heteroatoms. The zero-order valence-corrected chi connectivity index (χ0v) is 16.2. The predicted molar refractivity (Wildman–Crippen MR) is 105 cm³/mol. The summed E-state index contributed by atoms with van der Waals surface area (Å²) in [6.07, 6.45) is 0.731. The molecule has 2 aromatic rings. The highest BCUT2D eigenvalue weighted by Crippen LogP contribution is 2.27. The molecule has 0 spiro atoms. The molecule has 0 unspecified atom stereocenters. The standard InChI is InChI=1S/C21H28N2O3/c1-14-10-15(2)21(16(3)11-14)23-13-20(24)22-9-8-17-6-7-18(25-4)19(12-17)26-5/h6-7,10-12,23H,8-9,13H2,1-5H3,(H,22,24). The van der Waals surface area contributed by atoms with E-state index < -0.39 is 0 Å². The van der Waals surface area contributed by atoms with Crippen molar-refractivity contribution in [2.45, 2.75) is 27.2 Å². The normalized spacial score (nSPS) is 10.3. The molecule has 2 rings (SSSR count). The van der Waals surface area contributed by atoms with Crippen LogP contribution in [0.2, 0.25) is 0 Å². The van der Waals surface area contributed by atoms with Gasteiger partial charge in [0.25, 0.3) is 0 Å². The fraction of sp³-hybridized carbons (Fsp3) is 0.381. The van der Waals surface area contributed by atoms with E-state index >= 15 is 0 Å². The molecule has 0 heterocycles. The number of amides is 1. The van der Waals surface area contributed by atoms with Gasteiger partial charge in [0.2, 0.25) is 5.91 Å². The third-order valence-corrected chi connectivity index (χ3v) is 4.29. The van der Waals surface area contributed by atoms with Gasteiger partial charge in [-0.1, -0.05) is 23.8 Å². The van der Waals surface area contributed by atoms with Crippen LogP contribution in [0.4, 0.5) is 5.69 Å². The molecule has 0 fully saturated rings. The minimum Gasteiger partial charge on any atom is -0.493 e. The Hall–Kier alpha value is -2.69. The maximum atomic E-state index is 12.1. The molecule has 0 aliphatic rings. The van der Waals surface area contributed by atoms with Gasteiger partial charge in [-0.05, 0) is 56.0 Å². The molecule has 0 bridgehead atoms. The molecule has 1 amide bonds. The summed E-state index contributed by atoms with van der Waals surface area (Å²) in [5.41, 5.74) is 5.65. The summed E-state index contributed by atoms with van der Waals surface area (Å²) in [6, 6.07) is 10.0. The lowest BCUT2D eigenvalue weighted by atomic mass is 10.1. The van der Waals surface area contributed by atoms with Crippen LogP contribution in [0.5, 0.6) is 11.5 Å². The molecule has 0 saturated carbocycles. The highest BCUT2D eigenvalue weighted by molar-refractivity contribution is 5.81. The van der Waals surface area contributed by atoms with Crippen LogP contribution in [0, 0.1) is 20.8 Å². The number of nitrogens with one attached hydrogen (secondary N) is 2. The summed E-state index contributed by atoms with van der Waals surface area (Å²) in [5, 5.41) is 6.19. The van der Waals surface area contributed by atoms with Crippen molar-refractivity contribution in [3.63, 3.8) is 0 Å². The topological polar surface area (TPSA) is 59.6 Å². The fourth-order valence-electron chi connectivity index (χ4n) is 3.07. The molecule has 5 nitrogen and oxygen atoms in total. The summed E-state index contributed by atoms with van der Waals surface area (Å²) >= 11 is 0. The van der Waals surface area contributed by atoms with Crippen LogP contribution >= 0.6 is 0 Å². The first-order valence-electron chi connectivity index (χ1n) is 8.74. The Morgan fingerprint density at radius 3 is 2.23 bits per heavy atom. The van der Waals surface area contributed by atoms with Gasteiger partial charge in [0, 0.05) is 12.2 Å². The highest BCUT2D eigenvalue weighted by atomic mass is 16.5. The van der Waals surface area contributed by atoms with Crippen molar-refractivity contribution in [2.24, 2.45) is 0 Å². The van der Waals surface area contributed by atoms with Crippen molar-refractivity contribution in [3.05, 3.63) is 52.6 Å². The van der Waals surface area contributed by atoms with Crippen molar-refractivity contribution < 1.29 is 14.3 Å². The minimum absolute atomic E-state index is 0.0233. The maximum Gasteiger partial charge on any atom is 0.239 e. The van der Waals surface area contributed by atoms with Crippen LogP contribution in [0.1, 0.15) is 22.3 Å². The number of hydrogen-bond acceptors (Lipinski definition) is 4. The molecule has 0 aliphatic heterocycles. The number of anilines is 1. The molecular weight excluding hydrogens is 328 g/mol. The van der Waals surface area contributed by atoms with E-state index in [1.165, 1.54) is 5.56 Å². The third kappa shape index (κ3) is 5.15. The van der Waals surface area contributed by atoms with Crippen molar-refractivity contribution in [1.82, 2.24) is 5.32 Å². The number of carbonyl (C=O) groups excluding carboxylic acids is 1. The Labute approximate surface area is 155 Å². The predicted octanol–water partition coefficient (Wildman–Crippen LogP) is 3.40. The van der Waals surface area contributed by atoms with E-state index in [9.17, 15) is 4.79 Å². The first-order chi connectivity index (χ1) is 12.4. The van der Waals surface area contributed by atoms with Gasteiger partial charge in [0.1, 0.15) is 0 Å². The zero-order valence-electron chi connectivity index (χ0n) is 16.2. The SMILES string of the molecule is COc1ccc(CCNC(=O)CNc2c(C)cc(C)cc2C)cc1OC. The van der Waals surface area contributed by atoms with Gasteiger partial charge in [-0.25, -0.2) is 0 Å². The molecule has 0 aromatic heterocycles. The van der Waals surface area contributed by atoms with E-state index in [0.29, 0.717) is 18.0 Å². The maximum absolute atomic E-state index is 12.1. The first-order valence-corrected chi connectivity index (χ1v) is 8.74. The summed E-state index contributed by atoms with van der Waals surface area (Å²) < 4.78 is 10.5. The van der Waals surface area contributed by atoms with E-state index in [1.54, 1.807) is 14.2 Å². The second-order valence-corrected chi connectivity index (χ2v) is 6.42. The van der Waals surface area contributed by atoms with Gasteiger partial charge in [-0.2, -0.15) is 0 Å². The number of aryl methyl sites for hydroxylation is 3. The lowest BCUT2D eigenvalue weighted by molar-refractivity contribution is -0.119. The van der Waals surface area contributed by atoms with Crippen LogP contribution in [0.3, 0.4) is 0 Å². The Balaban J connectivity index is 1.83. The minimum atomic E-state index is -0.0233. The van der Waals surface area contributed by atoms with Crippen LogP contribution in [-0.2, 0) is 11.2 Å². The quantitative estimate of drug-likeness (QED) is 0.761. The monoisotopic (exact) mass is 356 g/mol. The van der Waals surface area contributed by atoms with Gasteiger partial charge in [0.05, 0.1) is 20.8 Å². The number of methoxy groups -OCH3 is 2. The van der Waals surface area contributed by atoms with Crippen LogP contribution in [0.25, 0.3) is 0 Å². The lowest BCUT2D eigenvalue weighted by Crippen LogP contribution is -2.31. The van der Waals surface area contributed by atoms with Crippen molar-refractivity contribution in [2.75, 3.05) is 32.6 Å². The third-order valence-electron chi connectivity index (χ3n) is 4.29. The highest BCUT2D eigenvalue weighted by Gasteiger charge is 2.07. The average molecular weight is 356 g/mol. The van der Waals surface area contributed by atoms with E-state index in [1.807, 2.05) is 18.2 Å². The van der Waals surface area contributed by atoms with Gasteiger partial charge in [0.15, 0.2) is 11.5 Å². The van der Waals surface area contributed by atoms with Gasteiger partial charge >= 0.3 is 0 Å². The average Bonchev–Trinajstić information content (AvgIpc) is 2.60. The Bertz CT molecular complexity index is 749. The number of benzene rings is 2. The van der Waals surface area contributed by atoms with E-state index in [0.717, 1.165) is 28.8 Å². The second-order valence-electron chi connectivity index (χ2n) is 6.42. The molecule has 2 N–H and O–H groups in total. The smallest absolute Gasteiger partial charge is 0.239 e. The fourth-order valence-corrected chi connectivity index (χ4v) is 3.07. The molecule has 0 aliphatic carbocycles. The summed E-state index contributed by atoms with van der Waals surface area (Å²) in [4.78, 5) is 12.1. The number of ether oxygens (including phenoxy) is 2. The van der Waals surface area contributed by atoms with Crippen molar-refractivity contribution in [1.29, 1.82) is 0 Å². The summed E-state index contributed by atoms with van der Waals surface area (Å²) in [7, 11) is 3.23. The van der Waals surface area contributed by atoms with Crippen molar-refractivity contribution >= 4 is 11.6 Å². The lowest BCUT2D eigenvalue weighted by Gasteiger charge is -2.14. The molecule has 0 saturated heterocycles. The number of carbonyl (C=O) groups is 1. The Morgan fingerprint density at radius 1 is 0.962 bits per heavy atom. The van der Waals surface area contributed by atoms with Crippen LogP contribution < -0.4 is 20.1 Å².